The molecule has 2 aromatic rings. The van der Waals surface area contributed by atoms with E-state index in [0.29, 0.717) is 28.1 Å². The van der Waals surface area contributed by atoms with Crippen LogP contribution in [0.5, 0.6) is 5.88 Å². The van der Waals surface area contributed by atoms with Crippen LogP contribution in [0.2, 0.25) is 0 Å². The second kappa shape index (κ2) is 10.5. The van der Waals surface area contributed by atoms with Crippen LogP contribution in [0.3, 0.4) is 0 Å². The molecule has 0 fully saturated rings. The third-order valence-electron chi connectivity index (χ3n) is 2.84. The summed E-state index contributed by atoms with van der Waals surface area (Å²) in [6, 6.07) is 9.93. The molecule has 1 aromatic carbocycles. The predicted octanol–water partition coefficient (Wildman–Crippen LogP) is 3.01. The molecule has 0 saturated heterocycles. The number of aromatic nitrogens is 1. The number of rotatable bonds is 6. The topological polar surface area (TPSA) is 89.3 Å². The third-order valence-corrected chi connectivity index (χ3v) is 3.28. The molecule has 1 heterocycles. The summed E-state index contributed by atoms with van der Waals surface area (Å²) in [5.41, 5.74) is 2.77. The number of hydrazine groups is 1. The number of hydrogen-bond acceptors (Lipinski definition) is 5. The van der Waals surface area contributed by atoms with Crippen molar-refractivity contribution in [3.63, 3.8) is 0 Å². The Bertz CT molecular complexity index is 659. The normalized spacial score (nSPS) is 9.75. The fourth-order valence-corrected chi connectivity index (χ4v) is 2.15. The molecule has 24 heavy (non-hydrogen) atoms. The lowest BCUT2D eigenvalue weighted by molar-refractivity contribution is -0.109. The van der Waals surface area contributed by atoms with Gasteiger partial charge in [0.25, 0.3) is 6.43 Å². The minimum Gasteiger partial charge on any atom is -0.473 e. The number of nitrogens with two attached hydrogens (primary N) is 1. The van der Waals surface area contributed by atoms with Gasteiger partial charge in [-0.25, -0.2) is 19.6 Å². The first kappa shape index (κ1) is 19.8. The summed E-state index contributed by atoms with van der Waals surface area (Å²) in [6.45, 7) is 0.0279. The van der Waals surface area contributed by atoms with E-state index in [9.17, 15) is 8.78 Å². The Morgan fingerprint density at radius 1 is 1.33 bits per heavy atom. The minimum atomic E-state index is -2.54. The van der Waals surface area contributed by atoms with Crippen molar-refractivity contribution in [2.75, 3.05) is 12.4 Å². The zero-order valence-electron chi connectivity index (χ0n) is 12.8. The Labute approximate surface area is 146 Å². The molecule has 1 aromatic heterocycles. The van der Waals surface area contributed by atoms with E-state index in [1.807, 2.05) is 0 Å². The highest BCUT2D eigenvalue weighted by Gasteiger charge is 2.16. The summed E-state index contributed by atoms with van der Waals surface area (Å²) in [5.74, 6) is 4.79. The highest BCUT2D eigenvalue weighted by atomic mass is 79.9. The number of nitrogens with zero attached hydrogens (tertiary/aromatic N) is 1. The van der Waals surface area contributed by atoms with E-state index in [4.69, 9.17) is 9.53 Å². The van der Waals surface area contributed by atoms with Crippen LogP contribution >= 0.6 is 15.9 Å². The first-order chi connectivity index (χ1) is 11.5. The van der Waals surface area contributed by atoms with Crippen molar-refractivity contribution in [1.29, 1.82) is 0 Å². The van der Waals surface area contributed by atoms with Gasteiger partial charge in [0, 0.05) is 29.9 Å². The molecule has 0 unspecified atom stereocenters. The van der Waals surface area contributed by atoms with Gasteiger partial charge >= 0.3 is 0 Å². The van der Waals surface area contributed by atoms with Crippen molar-refractivity contribution in [1.82, 2.24) is 10.4 Å². The molecule has 0 radical (unpaired) electrons. The number of hydrogen-bond donors (Lipinski definition) is 3. The number of carbonyl (C=O) groups excluding carboxylic acids is 1. The Hall–Kier alpha value is -2.26. The average molecular weight is 403 g/mol. The molecule has 0 spiro atoms. The van der Waals surface area contributed by atoms with Gasteiger partial charge < -0.3 is 10.1 Å². The summed E-state index contributed by atoms with van der Waals surface area (Å²) >= 11 is 3.23. The van der Waals surface area contributed by atoms with Crippen LogP contribution in [0.4, 0.5) is 14.5 Å². The summed E-state index contributed by atoms with van der Waals surface area (Å²) < 4.78 is 32.2. The van der Waals surface area contributed by atoms with E-state index >= 15 is 0 Å². The van der Waals surface area contributed by atoms with Crippen LogP contribution in [-0.2, 0) is 11.4 Å². The van der Waals surface area contributed by atoms with Gasteiger partial charge in [0.05, 0.1) is 0 Å². The third kappa shape index (κ3) is 6.09. The fraction of sp³-hybridized carbons (Fsp3) is 0.200. The number of pyridine rings is 1. The lowest BCUT2D eigenvalue weighted by atomic mass is 10.1. The lowest BCUT2D eigenvalue weighted by Crippen LogP contribution is -2.18. The zero-order chi connectivity index (χ0) is 17.9. The van der Waals surface area contributed by atoms with E-state index in [1.165, 1.54) is 6.07 Å². The van der Waals surface area contributed by atoms with Crippen LogP contribution < -0.4 is 21.3 Å². The molecule has 0 aliphatic carbocycles. The first-order valence-corrected chi connectivity index (χ1v) is 7.55. The summed E-state index contributed by atoms with van der Waals surface area (Å²) in [7, 11) is 1.69. The number of carbonyl (C=O) groups is 1. The van der Waals surface area contributed by atoms with Gasteiger partial charge in [0.15, 0.2) is 0 Å². The molecule has 130 valence electrons. The van der Waals surface area contributed by atoms with Crippen LogP contribution in [-0.4, -0.2) is 18.4 Å². The number of halogens is 3. The maximum absolute atomic E-state index is 13.0. The molecule has 4 N–H and O–H groups in total. The summed E-state index contributed by atoms with van der Waals surface area (Å²) in [4.78, 5) is 13.0. The predicted molar refractivity (Wildman–Crippen MR) is 90.6 cm³/mol. The first-order valence-electron chi connectivity index (χ1n) is 6.76. The largest absolute Gasteiger partial charge is 0.473 e. The number of amides is 1. The monoisotopic (exact) mass is 402 g/mol. The molecule has 0 saturated carbocycles. The van der Waals surface area contributed by atoms with Gasteiger partial charge in [0.1, 0.15) is 11.2 Å². The Morgan fingerprint density at radius 2 is 2.00 bits per heavy atom. The molecule has 0 atom stereocenters. The molecular formula is C15H17BrF2N4O2. The number of alkyl halides is 2. The van der Waals surface area contributed by atoms with Crippen molar-refractivity contribution in [3.8, 4) is 5.88 Å². The second-order valence-corrected chi connectivity index (χ2v) is 5.11. The van der Waals surface area contributed by atoms with Crippen LogP contribution in [0.25, 0.3) is 0 Å². The molecule has 6 nitrogen and oxygen atoms in total. The standard InChI is InChI=1S/C14H13BrF2N2O.CH4N2O/c1-18-11-5-2-4-9(14(16)17)10(11)8-20-13-7-3-6-12(15)19-13;2-3-1-4/h2-7,14,18H,8H2,1H3;1H,2H2,(H,3,4). The van der Waals surface area contributed by atoms with Gasteiger partial charge in [-0.05, 0) is 28.1 Å². The number of benzene rings is 1. The molecule has 0 aliphatic heterocycles. The van der Waals surface area contributed by atoms with E-state index in [1.54, 1.807) is 42.8 Å². The Balaban J connectivity index is 0.000000648. The fourth-order valence-electron chi connectivity index (χ4n) is 1.82. The summed E-state index contributed by atoms with van der Waals surface area (Å²) in [6.07, 6.45) is -2.14. The van der Waals surface area contributed by atoms with Crippen molar-refractivity contribution < 1.29 is 18.3 Å². The maximum atomic E-state index is 13.0. The van der Waals surface area contributed by atoms with E-state index in [2.05, 4.69) is 32.1 Å². The lowest BCUT2D eigenvalue weighted by Gasteiger charge is -2.14. The van der Waals surface area contributed by atoms with E-state index < -0.39 is 6.43 Å². The summed E-state index contributed by atoms with van der Waals surface area (Å²) in [5, 5.41) is 2.90. The highest BCUT2D eigenvalue weighted by molar-refractivity contribution is 9.10. The Kier molecular flexibility index (Phi) is 8.66. The molecule has 0 aliphatic rings. The zero-order valence-corrected chi connectivity index (χ0v) is 14.4. The number of nitrogens with one attached hydrogen (secondary N) is 2. The van der Waals surface area contributed by atoms with Gasteiger partial charge in [-0.2, -0.15) is 0 Å². The SMILES string of the molecule is CNc1cccc(C(F)F)c1COc1cccc(Br)n1.NNC=O. The van der Waals surface area contributed by atoms with Gasteiger partial charge in [-0.1, -0.05) is 18.2 Å². The van der Waals surface area contributed by atoms with Crippen molar-refractivity contribution in [3.05, 3.63) is 52.1 Å². The van der Waals surface area contributed by atoms with E-state index in [0.717, 1.165) is 0 Å². The quantitative estimate of drug-likeness (QED) is 0.227. The van der Waals surface area contributed by atoms with Crippen LogP contribution in [0.15, 0.2) is 41.0 Å². The highest BCUT2D eigenvalue weighted by Crippen LogP contribution is 2.29. The van der Waals surface area contributed by atoms with Gasteiger partial charge in [-0.15, -0.1) is 0 Å². The van der Waals surface area contributed by atoms with Crippen molar-refractivity contribution in [2.45, 2.75) is 13.0 Å². The van der Waals surface area contributed by atoms with Crippen molar-refractivity contribution in [2.24, 2.45) is 5.84 Å². The van der Waals surface area contributed by atoms with Crippen molar-refractivity contribution >= 4 is 28.0 Å². The van der Waals surface area contributed by atoms with E-state index in [-0.39, 0.29) is 12.2 Å². The van der Waals surface area contributed by atoms with Crippen LogP contribution in [0, 0.1) is 0 Å². The average Bonchev–Trinajstić information content (AvgIpc) is 2.59. The molecule has 2 rings (SSSR count). The van der Waals surface area contributed by atoms with Gasteiger partial charge in [0.2, 0.25) is 12.3 Å². The second-order valence-electron chi connectivity index (χ2n) is 4.30. The minimum absolute atomic E-state index is 0.0279. The molecule has 9 heteroatoms. The molecule has 0 bridgehead atoms. The smallest absolute Gasteiger partial charge is 0.264 e. The molecular weight excluding hydrogens is 386 g/mol. The maximum Gasteiger partial charge on any atom is 0.264 e. The number of ether oxygens (including phenoxy) is 1. The van der Waals surface area contributed by atoms with Gasteiger partial charge in [-0.3, -0.25) is 10.2 Å². The number of anilines is 1. The van der Waals surface area contributed by atoms with Crippen LogP contribution in [0.1, 0.15) is 17.6 Å². The Morgan fingerprint density at radius 3 is 2.54 bits per heavy atom. The molecule has 1 amide bonds.